The van der Waals surface area contributed by atoms with Crippen LogP contribution in [0.25, 0.3) is 0 Å². The summed E-state index contributed by atoms with van der Waals surface area (Å²) in [7, 11) is -1.21. The van der Waals surface area contributed by atoms with Gasteiger partial charge in [0.1, 0.15) is 15.7 Å². The largest absolute Gasteiger partial charge is 0.313 e. The van der Waals surface area contributed by atoms with Gasteiger partial charge < -0.3 is 5.32 Å². The van der Waals surface area contributed by atoms with Crippen LogP contribution < -0.4 is 5.32 Å². The highest BCUT2D eigenvalue weighted by molar-refractivity contribution is 9.10. The molecule has 1 unspecified atom stereocenters. The minimum atomic E-state index is -2.96. The molecule has 1 aromatic rings. The van der Waals surface area contributed by atoms with Gasteiger partial charge in [0.15, 0.2) is 0 Å². The molecule has 19 heavy (non-hydrogen) atoms. The SMILES string of the molecule is CCS(=O)(=O)CCCC(NC)c1c(F)cccc1Br. The first kappa shape index (κ1) is 16.6. The standard InChI is InChI=1S/C13H19BrFNO2S/c1-3-19(17,18)9-5-8-12(16-2)13-10(14)6-4-7-11(13)15/h4,6-7,12,16H,3,5,8-9H2,1-2H3. The van der Waals surface area contributed by atoms with E-state index in [0.29, 0.717) is 22.9 Å². The average molecular weight is 352 g/mol. The number of hydrogen-bond acceptors (Lipinski definition) is 3. The highest BCUT2D eigenvalue weighted by Gasteiger charge is 2.18. The van der Waals surface area contributed by atoms with E-state index >= 15 is 0 Å². The molecule has 1 atom stereocenters. The fourth-order valence-electron chi connectivity index (χ4n) is 1.93. The van der Waals surface area contributed by atoms with Gasteiger partial charge in [0, 0.05) is 21.8 Å². The summed E-state index contributed by atoms with van der Waals surface area (Å²) in [6, 6.07) is 4.64. The van der Waals surface area contributed by atoms with E-state index in [9.17, 15) is 12.8 Å². The normalized spacial score (nSPS) is 13.5. The van der Waals surface area contributed by atoms with Crippen molar-refractivity contribution in [1.82, 2.24) is 5.32 Å². The maximum atomic E-state index is 13.8. The van der Waals surface area contributed by atoms with Crippen molar-refractivity contribution in [2.75, 3.05) is 18.6 Å². The second-order valence-electron chi connectivity index (χ2n) is 4.36. The highest BCUT2D eigenvalue weighted by Crippen LogP contribution is 2.28. The molecule has 1 rings (SSSR count). The molecular weight excluding hydrogens is 333 g/mol. The van der Waals surface area contributed by atoms with E-state index in [4.69, 9.17) is 0 Å². The van der Waals surface area contributed by atoms with Gasteiger partial charge in [-0.3, -0.25) is 0 Å². The third-order valence-corrected chi connectivity index (χ3v) is 5.57. The fourth-order valence-corrected chi connectivity index (χ4v) is 3.44. The molecule has 0 aliphatic carbocycles. The Morgan fingerprint density at radius 2 is 2.11 bits per heavy atom. The van der Waals surface area contributed by atoms with E-state index in [1.54, 1.807) is 26.1 Å². The molecule has 3 nitrogen and oxygen atoms in total. The van der Waals surface area contributed by atoms with Crippen LogP contribution in [0.1, 0.15) is 31.4 Å². The lowest BCUT2D eigenvalue weighted by Gasteiger charge is -2.18. The molecule has 1 N–H and O–H groups in total. The topological polar surface area (TPSA) is 46.2 Å². The molecule has 0 radical (unpaired) electrons. The van der Waals surface area contributed by atoms with E-state index in [1.165, 1.54) is 6.07 Å². The molecule has 0 aliphatic heterocycles. The van der Waals surface area contributed by atoms with Gasteiger partial charge in [-0.25, -0.2) is 12.8 Å². The Kier molecular flexibility index (Phi) is 6.42. The van der Waals surface area contributed by atoms with Gasteiger partial charge in [0.2, 0.25) is 0 Å². The van der Waals surface area contributed by atoms with Crippen LogP contribution in [0.5, 0.6) is 0 Å². The summed E-state index contributed by atoms with van der Waals surface area (Å²) in [5.74, 6) is 0.0148. The minimum Gasteiger partial charge on any atom is -0.313 e. The number of sulfone groups is 1. The van der Waals surface area contributed by atoms with Crippen LogP contribution in [0.4, 0.5) is 4.39 Å². The Labute approximate surface area is 122 Å². The number of halogens is 2. The van der Waals surface area contributed by atoms with Crippen LogP contribution in [0.3, 0.4) is 0 Å². The number of hydrogen-bond donors (Lipinski definition) is 1. The first-order chi connectivity index (χ1) is 8.91. The molecule has 0 fully saturated rings. The smallest absolute Gasteiger partial charge is 0.150 e. The van der Waals surface area contributed by atoms with Crippen LogP contribution in [0.2, 0.25) is 0 Å². The molecular formula is C13H19BrFNO2S. The summed E-state index contributed by atoms with van der Waals surface area (Å²) >= 11 is 3.34. The predicted octanol–water partition coefficient (Wildman–Crippen LogP) is 3.06. The molecule has 0 aromatic heterocycles. The third-order valence-electron chi connectivity index (χ3n) is 3.08. The minimum absolute atomic E-state index is 0.147. The van der Waals surface area contributed by atoms with Crippen LogP contribution in [0, 0.1) is 5.82 Å². The van der Waals surface area contributed by atoms with Gasteiger partial charge in [-0.15, -0.1) is 0 Å². The van der Waals surface area contributed by atoms with Crippen molar-refractivity contribution in [3.05, 3.63) is 34.1 Å². The average Bonchev–Trinajstić information content (AvgIpc) is 2.36. The van der Waals surface area contributed by atoms with Gasteiger partial charge in [-0.2, -0.15) is 0 Å². The monoisotopic (exact) mass is 351 g/mol. The van der Waals surface area contributed by atoms with Gasteiger partial charge >= 0.3 is 0 Å². The van der Waals surface area contributed by atoms with Crippen LogP contribution in [-0.2, 0) is 9.84 Å². The van der Waals surface area contributed by atoms with Crippen LogP contribution >= 0.6 is 15.9 Å². The second kappa shape index (κ2) is 7.36. The predicted molar refractivity (Wildman–Crippen MR) is 79.5 cm³/mol. The molecule has 0 bridgehead atoms. The van der Waals surface area contributed by atoms with Crippen molar-refractivity contribution in [2.24, 2.45) is 0 Å². The summed E-state index contributed by atoms with van der Waals surface area (Å²) in [6.45, 7) is 1.64. The zero-order chi connectivity index (χ0) is 14.5. The summed E-state index contributed by atoms with van der Waals surface area (Å²) in [5, 5.41) is 3.04. The van der Waals surface area contributed by atoms with Crippen molar-refractivity contribution >= 4 is 25.8 Å². The first-order valence-electron chi connectivity index (χ1n) is 6.23. The Hall–Kier alpha value is -0.460. The second-order valence-corrected chi connectivity index (χ2v) is 7.68. The molecule has 0 saturated carbocycles. The van der Waals surface area contributed by atoms with E-state index in [0.717, 1.165) is 0 Å². The molecule has 6 heteroatoms. The lowest BCUT2D eigenvalue weighted by molar-refractivity contribution is 0.500. The van der Waals surface area contributed by atoms with Crippen molar-refractivity contribution in [3.8, 4) is 0 Å². The van der Waals surface area contributed by atoms with Crippen molar-refractivity contribution in [3.63, 3.8) is 0 Å². The summed E-state index contributed by atoms with van der Waals surface area (Å²) < 4.78 is 37.4. The van der Waals surface area contributed by atoms with Crippen molar-refractivity contribution in [2.45, 2.75) is 25.8 Å². The van der Waals surface area contributed by atoms with Crippen molar-refractivity contribution < 1.29 is 12.8 Å². The van der Waals surface area contributed by atoms with Gasteiger partial charge in [-0.1, -0.05) is 28.9 Å². The highest BCUT2D eigenvalue weighted by atomic mass is 79.9. The Balaban J connectivity index is 2.74. The van der Waals surface area contributed by atoms with Gasteiger partial charge in [0.25, 0.3) is 0 Å². The van der Waals surface area contributed by atoms with E-state index in [-0.39, 0.29) is 23.4 Å². The molecule has 0 aliphatic rings. The van der Waals surface area contributed by atoms with E-state index in [2.05, 4.69) is 21.2 Å². The van der Waals surface area contributed by atoms with Crippen molar-refractivity contribution in [1.29, 1.82) is 0 Å². The fraction of sp³-hybridized carbons (Fsp3) is 0.538. The summed E-state index contributed by atoms with van der Waals surface area (Å²) in [6.07, 6.45) is 1.09. The number of nitrogens with one attached hydrogen (secondary N) is 1. The Morgan fingerprint density at radius 1 is 1.42 bits per heavy atom. The van der Waals surface area contributed by atoms with Gasteiger partial charge in [-0.05, 0) is 32.0 Å². The lowest BCUT2D eigenvalue weighted by atomic mass is 10.0. The maximum absolute atomic E-state index is 13.8. The zero-order valence-corrected chi connectivity index (χ0v) is 13.5. The zero-order valence-electron chi connectivity index (χ0n) is 11.1. The maximum Gasteiger partial charge on any atom is 0.150 e. The molecule has 0 saturated heterocycles. The molecule has 0 amide bonds. The van der Waals surface area contributed by atoms with E-state index in [1.807, 2.05) is 0 Å². The molecule has 0 heterocycles. The van der Waals surface area contributed by atoms with Gasteiger partial charge in [0.05, 0.1) is 5.75 Å². The van der Waals surface area contributed by atoms with Crippen LogP contribution in [-0.4, -0.2) is 27.0 Å². The first-order valence-corrected chi connectivity index (χ1v) is 8.84. The molecule has 1 aromatic carbocycles. The quantitative estimate of drug-likeness (QED) is 0.820. The van der Waals surface area contributed by atoms with Crippen LogP contribution in [0.15, 0.2) is 22.7 Å². The number of benzene rings is 1. The summed E-state index contributed by atoms with van der Waals surface area (Å²) in [4.78, 5) is 0. The Morgan fingerprint density at radius 3 is 2.63 bits per heavy atom. The van der Waals surface area contributed by atoms with E-state index < -0.39 is 9.84 Å². The lowest BCUT2D eigenvalue weighted by Crippen LogP contribution is -2.20. The third kappa shape index (κ3) is 4.85. The molecule has 108 valence electrons. The summed E-state index contributed by atoms with van der Waals surface area (Å²) in [5.41, 5.74) is 0.555. The molecule has 0 spiro atoms. The number of rotatable bonds is 7. The Bertz CT molecular complexity index is 499.